The van der Waals surface area contributed by atoms with Gasteiger partial charge in [0.15, 0.2) is 0 Å². The number of aldehydes is 1. The normalized spacial score (nSPS) is 9.80. The highest BCUT2D eigenvalue weighted by Gasteiger charge is 2.08. The molecule has 0 aliphatic heterocycles. The Bertz CT molecular complexity index is 1400. The van der Waals surface area contributed by atoms with Crippen molar-refractivity contribution in [1.82, 2.24) is 0 Å². The zero-order chi connectivity index (χ0) is 29.6. The first kappa shape index (κ1) is 33.4. The lowest BCUT2D eigenvalue weighted by Gasteiger charge is -2.11. The van der Waals surface area contributed by atoms with Crippen molar-refractivity contribution in [2.45, 2.75) is 33.6 Å². The first-order valence-corrected chi connectivity index (χ1v) is 13.2. The Labute approximate surface area is 240 Å². The maximum Gasteiger partial charge on any atom is 0.126 e. The molecule has 3 nitrogen and oxygen atoms in total. The predicted octanol–water partition coefficient (Wildman–Crippen LogP) is 8.94. The minimum Gasteiger partial charge on any atom is -0.465 e. The maximum atomic E-state index is 9.17. The Hall–Kier alpha value is -4.65. The lowest BCUT2D eigenvalue weighted by atomic mass is 9.93. The molecule has 0 bridgehead atoms. The van der Waals surface area contributed by atoms with Crippen LogP contribution >= 0.6 is 0 Å². The van der Waals surface area contributed by atoms with E-state index in [-0.39, 0.29) is 0 Å². The minimum atomic E-state index is 0.639. The average molecular weight is 533 g/mol. The third-order valence-corrected chi connectivity index (χ3v) is 5.54. The van der Waals surface area contributed by atoms with Gasteiger partial charge >= 0.3 is 0 Å². The smallest absolute Gasteiger partial charge is 0.126 e. The van der Waals surface area contributed by atoms with Crippen LogP contribution in [0.4, 0.5) is 0 Å². The Morgan fingerprint density at radius 3 is 2.10 bits per heavy atom. The molecule has 0 aliphatic carbocycles. The van der Waals surface area contributed by atoms with Crippen LogP contribution in [0.1, 0.15) is 43.9 Å². The van der Waals surface area contributed by atoms with Crippen molar-refractivity contribution in [2.24, 2.45) is 0 Å². The summed E-state index contributed by atoms with van der Waals surface area (Å²) in [5, 5.41) is 9.52. The molecule has 3 heteroatoms. The van der Waals surface area contributed by atoms with Gasteiger partial charge in [0.1, 0.15) is 12.0 Å². The van der Waals surface area contributed by atoms with Crippen molar-refractivity contribution >= 4 is 17.1 Å². The second-order valence-corrected chi connectivity index (χ2v) is 8.28. The zero-order valence-corrected chi connectivity index (χ0v) is 24.0. The molecule has 4 aromatic carbocycles. The van der Waals surface area contributed by atoms with Crippen LogP contribution in [0.5, 0.6) is 5.75 Å². The largest absolute Gasteiger partial charge is 0.465 e. The van der Waals surface area contributed by atoms with E-state index in [0.29, 0.717) is 6.42 Å². The van der Waals surface area contributed by atoms with Crippen LogP contribution in [0.15, 0.2) is 122 Å². The number of aliphatic hydroxyl groups excluding tert-OH is 1. The SMILES string of the molecule is C#Cc1ccc(-c2ccc(O/C=C/C)cc2)cc1Cc1cccc2ccccc12.C=C/C=C\C.CCC=O.CO. The number of allylic oxidation sites excluding steroid dienone is 4. The number of carbonyl (C=O) groups is 1. The van der Waals surface area contributed by atoms with Gasteiger partial charge in [-0.05, 0) is 77.6 Å². The summed E-state index contributed by atoms with van der Waals surface area (Å²) in [5.74, 6) is 3.67. The molecular formula is C37H40O3. The summed E-state index contributed by atoms with van der Waals surface area (Å²) in [7, 11) is 1.00. The molecule has 0 spiro atoms. The second-order valence-electron chi connectivity index (χ2n) is 8.28. The quantitative estimate of drug-likeness (QED) is 0.112. The van der Waals surface area contributed by atoms with Crippen LogP contribution in [0.25, 0.3) is 21.9 Å². The summed E-state index contributed by atoms with van der Waals surface area (Å²) in [5.41, 5.74) is 5.68. The first-order chi connectivity index (χ1) is 19.6. The summed E-state index contributed by atoms with van der Waals surface area (Å²) >= 11 is 0. The highest BCUT2D eigenvalue weighted by Crippen LogP contribution is 2.28. The van der Waals surface area contributed by atoms with Crippen LogP contribution in [0.2, 0.25) is 0 Å². The van der Waals surface area contributed by atoms with Crippen LogP contribution in [-0.4, -0.2) is 18.5 Å². The van der Waals surface area contributed by atoms with E-state index in [4.69, 9.17) is 16.3 Å². The van der Waals surface area contributed by atoms with Gasteiger partial charge in [0.05, 0.1) is 6.26 Å². The van der Waals surface area contributed by atoms with E-state index >= 15 is 0 Å². The van der Waals surface area contributed by atoms with Crippen LogP contribution in [0, 0.1) is 12.3 Å². The highest BCUT2D eigenvalue weighted by atomic mass is 16.5. The van der Waals surface area contributed by atoms with Crippen LogP contribution in [0.3, 0.4) is 0 Å². The van der Waals surface area contributed by atoms with E-state index < -0.39 is 0 Å². The molecule has 0 radical (unpaired) electrons. The van der Waals surface area contributed by atoms with Gasteiger partial charge in [-0.15, -0.1) is 6.42 Å². The number of ether oxygens (including phenoxy) is 1. The van der Waals surface area contributed by atoms with Gasteiger partial charge in [-0.1, -0.05) is 104 Å². The first-order valence-electron chi connectivity index (χ1n) is 13.2. The van der Waals surface area contributed by atoms with E-state index in [9.17, 15) is 4.79 Å². The molecule has 4 rings (SSSR count). The number of fused-ring (bicyclic) bond motifs is 1. The third kappa shape index (κ3) is 11.0. The monoisotopic (exact) mass is 532 g/mol. The predicted molar refractivity (Wildman–Crippen MR) is 172 cm³/mol. The maximum absolute atomic E-state index is 9.17. The Balaban J connectivity index is 0.000000627. The summed E-state index contributed by atoms with van der Waals surface area (Å²) in [6.07, 6.45) is 17.2. The summed E-state index contributed by atoms with van der Waals surface area (Å²) in [4.78, 5) is 9.17. The topological polar surface area (TPSA) is 46.5 Å². The zero-order valence-electron chi connectivity index (χ0n) is 24.0. The van der Waals surface area contributed by atoms with Gasteiger partial charge in [0.25, 0.3) is 0 Å². The van der Waals surface area contributed by atoms with Gasteiger partial charge < -0.3 is 14.6 Å². The molecule has 40 heavy (non-hydrogen) atoms. The molecule has 0 aliphatic rings. The Morgan fingerprint density at radius 2 is 1.52 bits per heavy atom. The van der Waals surface area contributed by atoms with E-state index in [1.165, 1.54) is 16.3 Å². The third-order valence-electron chi connectivity index (χ3n) is 5.54. The van der Waals surface area contributed by atoms with Crippen molar-refractivity contribution in [1.29, 1.82) is 0 Å². The fraction of sp³-hybridized carbons (Fsp3) is 0.162. The number of terminal acetylenes is 1. The van der Waals surface area contributed by atoms with Crippen molar-refractivity contribution < 1.29 is 14.6 Å². The van der Waals surface area contributed by atoms with E-state index in [0.717, 1.165) is 47.8 Å². The van der Waals surface area contributed by atoms with Gasteiger partial charge in [0.2, 0.25) is 0 Å². The van der Waals surface area contributed by atoms with Gasteiger partial charge in [0, 0.05) is 19.1 Å². The van der Waals surface area contributed by atoms with Crippen molar-refractivity contribution in [3.63, 3.8) is 0 Å². The van der Waals surface area contributed by atoms with E-state index in [2.05, 4.69) is 79.2 Å². The molecule has 0 amide bonds. The van der Waals surface area contributed by atoms with E-state index in [1.54, 1.807) is 12.3 Å². The van der Waals surface area contributed by atoms with Gasteiger partial charge in [-0.3, -0.25) is 0 Å². The molecule has 0 fully saturated rings. The summed E-state index contributed by atoms with van der Waals surface area (Å²) in [6.45, 7) is 9.17. The van der Waals surface area contributed by atoms with Gasteiger partial charge in [-0.25, -0.2) is 0 Å². The molecule has 0 saturated heterocycles. The number of carbonyl (C=O) groups excluding carboxylic acids is 1. The molecule has 4 aromatic rings. The summed E-state index contributed by atoms with van der Waals surface area (Å²) in [6, 6.07) is 29.4. The molecule has 206 valence electrons. The van der Waals surface area contributed by atoms with Crippen molar-refractivity contribution in [3.8, 4) is 29.2 Å². The fourth-order valence-corrected chi connectivity index (χ4v) is 3.72. The molecule has 1 N–H and O–H groups in total. The molecule has 0 saturated carbocycles. The van der Waals surface area contributed by atoms with E-state index in [1.807, 2.05) is 57.2 Å². The number of aliphatic hydroxyl groups is 1. The Kier molecular flexibility index (Phi) is 17.0. The lowest BCUT2D eigenvalue weighted by Crippen LogP contribution is -1.95. The van der Waals surface area contributed by atoms with Crippen molar-refractivity contribution in [2.75, 3.05) is 7.11 Å². The number of hydrogen-bond acceptors (Lipinski definition) is 3. The molecule has 0 atom stereocenters. The second kappa shape index (κ2) is 20.3. The van der Waals surface area contributed by atoms with Crippen molar-refractivity contribution in [3.05, 3.63) is 139 Å². The minimum absolute atomic E-state index is 0.639. The molecule has 0 unspecified atom stereocenters. The number of rotatable bonds is 7. The number of benzene rings is 4. The standard InChI is InChI=1S/C28H22O.C5H8.C3H6O.CH4O/c1-3-18-29-27-16-14-22(15-17-27)24-13-12-21(4-2)26(19-24)20-25-10-7-9-23-8-5-6-11-28(23)25;1-3-5-4-2;1-2-3-4;1-2/h2-3,5-19H,20H2,1H3;3-5H,1H2,2H3;3H,2H2,1H3;2H,1H3/b18-3+;5-4-;;. The lowest BCUT2D eigenvalue weighted by molar-refractivity contribution is -0.107. The fourth-order valence-electron chi connectivity index (χ4n) is 3.72. The molecule has 0 aromatic heterocycles. The molecular weight excluding hydrogens is 492 g/mol. The average Bonchev–Trinajstić information content (AvgIpc) is 3.02. The van der Waals surface area contributed by atoms with Crippen LogP contribution < -0.4 is 4.74 Å². The number of hydrogen-bond donors (Lipinski definition) is 1. The highest BCUT2D eigenvalue weighted by molar-refractivity contribution is 5.86. The Morgan fingerprint density at radius 1 is 0.875 bits per heavy atom. The van der Waals surface area contributed by atoms with Crippen LogP contribution in [-0.2, 0) is 11.2 Å². The summed E-state index contributed by atoms with van der Waals surface area (Å²) < 4.78 is 5.52. The van der Waals surface area contributed by atoms with Gasteiger partial charge in [-0.2, -0.15) is 0 Å². The molecule has 0 heterocycles.